The average molecular weight is 691 g/mol. The minimum absolute atomic E-state index is 0. The van der Waals surface area contributed by atoms with Crippen LogP contribution in [0.3, 0.4) is 0 Å². The molecule has 2 saturated heterocycles. The molecule has 0 spiro atoms. The maximum absolute atomic E-state index is 5.98. The van der Waals surface area contributed by atoms with Gasteiger partial charge in [-0.3, -0.25) is 0 Å². The smallest absolute Gasteiger partial charge is 0.0406 e. The first kappa shape index (κ1) is 41.0. The Labute approximate surface area is 284 Å². The van der Waals surface area contributed by atoms with Crippen molar-refractivity contribution >= 4 is 72.8 Å². The highest BCUT2D eigenvalue weighted by atomic mass is 35.5. The zero-order valence-corrected chi connectivity index (χ0v) is 29.0. The molecule has 0 aliphatic carbocycles. The van der Waals surface area contributed by atoms with Crippen LogP contribution in [0.2, 0.25) is 10.0 Å². The molecule has 2 aromatic rings. The Morgan fingerprint density at radius 1 is 0.390 bits per heavy atom. The fourth-order valence-electron chi connectivity index (χ4n) is 5.62. The van der Waals surface area contributed by atoms with Crippen molar-refractivity contribution in [1.29, 1.82) is 0 Å². The maximum atomic E-state index is 5.98. The Bertz CT molecular complexity index is 813. The van der Waals surface area contributed by atoms with Crippen molar-refractivity contribution in [2.45, 2.75) is 44.9 Å². The molecular weight excluding hydrogens is 641 g/mol. The molecule has 0 saturated carbocycles. The fourth-order valence-corrected chi connectivity index (χ4v) is 5.87. The molecule has 236 valence electrons. The number of unbranched alkanes of at least 4 members (excludes halogenated alkanes) is 2. The second kappa shape index (κ2) is 23.4. The number of aryl methyl sites for hydroxylation is 2. The first-order valence-electron chi connectivity index (χ1n) is 14.5. The summed E-state index contributed by atoms with van der Waals surface area (Å²) in [6.07, 6.45) is 8.73. The zero-order valence-electron chi connectivity index (χ0n) is 24.2. The molecule has 41 heavy (non-hydrogen) atoms. The van der Waals surface area contributed by atoms with Crippen LogP contribution in [-0.4, -0.2) is 98.1 Å². The van der Waals surface area contributed by atoms with Crippen molar-refractivity contribution in [3.05, 3.63) is 69.7 Å². The second-order valence-corrected chi connectivity index (χ2v) is 11.8. The number of rotatable bonds is 14. The second-order valence-electron chi connectivity index (χ2n) is 10.9. The van der Waals surface area contributed by atoms with Gasteiger partial charge < -0.3 is 19.6 Å². The first-order chi connectivity index (χ1) is 18.1. The quantitative estimate of drug-likeness (QED) is 0.189. The maximum Gasteiger partial charge on any atom is 0.0406 e. The van der Waals surface area contributed by atoms with Crippen LogP contribution in [0, 0.1) is 0 Å². The number of piperazine rings is 2. The summed E-state index contributed by atoms with van der Waals surface area (Å²) in [5.41, 5.74) is 2.81. The third-order valence-corrected chi connectivity index (χ3v) is 8.59. The highest BCUT2D eigenvalue weighted by Crippen LogP contribution is 2.14. The van der Waals surface area contributed by atoms with Gasteiger partial charge >= 0.3 is 0 Å². The van der Waals surface area contributed by atoms with Crippen LogP contribution in [-0.2, 0) is 12.8 Å². The van der Waals surface area contributed by atoms with Gasteiger partial charge in [0, 0.05) is 62.4 Å². The van der Waals surface area contributed by atoms with Crippen LogP contribution in [0.5, 0.6) is 0 Å². The van der Waals surface area contributed by atoms with Gasteiger partial charge in [-0.1, -0.05) is 47.5 Å². The molecule has 4 rings (SSSR count). The van der Waals surface area contributed by atoms with Crippen molar-refractivity contribution in [2.75, 3.05) is 78.5 Å². The summed E-state index contributed by atoms with van der Waals surface area (Å²) in [6.45, 7) is 14.9. The van der Waals surface area contributed by atoms with Gasteiger partial charge in [0.15, 0.2) is 0 Å². The van der Waals surface area contributed by atoms with Gasteiger partial charge in [-0.05, 0) is 107 Å². The van der Waals surface area contributed by atoms with E-state index in [1.807, 2.05) is 24.3 Å². The Morgan fingerprint density at radius 2 is 0.659 bits per heavy atom. The number of benzene rings is 2. The molecule has 0 N–H and O–H groups in total. The van der Waals surface area contributed by atoms with Crippen molar-refractivity contribution in [1.82, 2.24) is 19.6 Å². The lowest BCUT2D eigenvalue weighted by Gasteiger charge is -2.36. The fraction of sp³-hybridized carbons (Fsp3) is 0.613. The summed E-state index contributed by atoms with van der Waals surface area (Å²) < 4.78 is 0. The molecule has 0 bridgehead atoms. The largest absolute Gasteiger partial charge is 0.301 e. The predicted octanol–water partition coefficient (Wildman–Crippen LogP) is 7.65. The van der Waals surface area contributed by atoms with Crippen molar-refractivity contribution < 1.29 is 0 Å². The molecule has 0 radical (unpaired) electrons. The van der Waals surface area contributed by atoms with Gasteiger partial charge in [0.05, 0.1) is 0 Å². The molecule has 4 nitrogen and oxygen atoms in total. The summed E-state index contributed by atoms with van der Waals surface area (Å²) in [4.78, 5) is 10.7. The Balaban J connectivity index is 0.00000400. The Hall–Kier alpha value is 0.0200. The topological polar surface area (TPSA) is 13.0 Å². The van der Waals surface area contributed by atoms with Gasteiger partial charge in [0.2, 0.25) is 0 Å². The molecule has 0 amide bonds. The molecule has 2 fully saturated rings. The van der Waals surface area contributed by atoms with Gasteiger partial charge in [-0.15, -0.1) is 49.6 Å². The van der Waals surface area contributed by atoms with E-state index in [0.717, 1.165) is 22.9 Å². The number of hydrogen-bond acceptors (Lipinski definition) is 4. The van der Waals surface area contributed by atoms with E-state index >= 15 is 0 Å². The molecule has 2 aliphatic heterocycles. The highest BCUT2D eigenvalue weighted by Gasteiger charge is 2.18. The minimum Gasteiger partial charge on any atom is -0.301 e. The molecule has 2 aromatic carbocycles. The van der Waals surface area contributed by atoms with Crippen LogP contribution in [0.4, 0.5) is 0 Å². The summed E-state index contributed by atoms with van der Waals surface area (Å²) in [5, 5.41) is 1.66. The van der Waals surface area contributed by atoms with E-state index in [9.17, 15) is 0 Å². The molecule has 0 atom stereocenters. The van der Waals surface area contributed by atoms with Gasteiger partial charge in [0.1, 0.15) is 0 Å². The zero-order chi connectivity index (χ0) is 25.7. The Morgan fingerprint density at radius 3 is 0.951 bits per heavy atom. The summed E-state index contributed by atoms with van der Waals surface area (Å²) in [5.74, 6) is 0. The minimum atomic E-state index is 0. The lowest BCUT2D eigenvalue weighted by atomic mass is 10.1. The average Bonchev–Trinajstić information content (AvgIpc) is 2.93. The van der Waals surface area contributed by atoms with Crippen LogP contribution in [0.25, 0.3) is 0 Å². The molecule has 2 aliphatic rings. The first-order valence-corrected chi connectivity index (χ1v) is 15.3. The van der Waals surface area contributed by atoms with E-state index in [0.29, 0.717) is 0 Å². The third kappa shape index (κ3) is 16.1. The predicted molar refractivity (Wildman–Crippen MR) is 188 cm³/mol. The monoisotopic (exact) mass is 688 g/mol. The number of halogens is 6. The number of nitrogens with zero attached hydrogens (tertiary/aromatic N) is 4. The molecule has 0 unspecified atom stereocenters. The summed E-state index contributed by atoms with van der Waals surface area (Å²) in [7, 11) is 0. The number of hydrogen-bond donors (Lipinski definition) is 0. The van der Waals surface area contributed by atoms with Crippen molar-refractivity contribution in [2.24, 2.45) is 0 Å². The Kier molecular flexibility index (Phi) is 23.4. The highest BCUT2D eigenvalue weighted by molar-refractivity contribution is 6.30. The lowest BCUT2D eigenvalue weighted by Crippen LogP contribution is -2.48. The van der Waals surface area contributed by atoms with E-state index in [1.54, 1.807) is 0 Å². The standard InChI is InChI=1S/C31H46Cl2N4.4ClH/c32-30-12-8-28(9-13-30)6-1-3-16-34-20-24-36(25-21-34)18-5-19-37-26-22-35(23-27-37)17-4-2-7-29-10-14-31(33)15-11-29;;;;/h8-15H,1-7,16-27H2;4*1H. The van der Waals surface area contributed by atoms with Crippen LogP contribution in [0.15, 0.2) is 48.5 Å². The van der Waals surface area contributed by atoms with Crippen LogP contribution < -0.4 is 0 Å². The van der Waals surface area contributed by atoms with Gasteiger partial charge in [0.25, 0.3) is 0 Å². The van der Waals surface area contributed by atoms with Crippen molar-refractivity contribution in [3.63, 3.8) is 0 Å². The molecule has 2 heterocycles. The molecule has 10 heteroatoms. The summed E-state index contributed by atoms with van der Waals surface area (Å²) in [6, 6.07) is 16.6. The summed E-state index contributed by atoms with van der Waals surface area (Å²) >= 11 is 12.0. The third-order valence-electron chi connectivity index (χ3n) is 8.08. The molecule has 0 aromatic heterocycles. The van der Waals surface area contributed by atoms with E-state index in [-0.39, 0.29) is 49.6 Å². The lowest BCUT2D eigenvalue weighted by molar-refractivity contribution is 0.109. The van der Waals surface area contributed by atoms with E-state index < -0.39 is 0 Å². The van der Waals surface area contributed by atoms with E-state index in [1.165, 1.54) is 122 Å². The van der Waals surface area contributed by atoms with E-state index in [4.69, 9.17) is 23.2 Å². The van der Waals surface area contributed by atoms with Crippen LogP contribution in [0.1, 0.15) is 43.2 Å². The van der Waals surface area contributed by atoms with E-state index in [2.05, 4.69) is 43.9 Å². The van der Waals surface area contributed by atoms with Gasteiger partial charge in [-0.2, -0.15) is 0 Å². The van der Waals surface area contributed by atoms with Crippen LogP contribution >= 0.6 is 72.8 Å². The molecular formula is C31H50Cl6N4. The SMILES string of the molecule is Cl.Cl.Cl.Cl.Clc1ccc(CCCCN2CCN(CCCN3CCN(CCCCc4ccc(Cl)cc4)CC3)CC2)cc1. The van der Waals surface area contributed by atoms with Gasteiger partial charge in [-0.25, -0.2) is 0 Å². The van der Waals surface area contributed by atoms with Crippen molar-refractivity contribution in [3.8, 4) is 0 Å². The normalized spacial score (nSPS) is 16.6.